The van der Waals surface area contributed by atoms with Gasteiger partial charge in [0.2, 0.25) is 0 Å². The van der Waals surface area contributed by atoms with Crippen LogP contribution in [-0.2, 0) is 7.05 Å². The molecule has 0 radical (unpaired) electrons. The van der Waals surface area contributed by atoms with E-state index in [2.05, 4.69) is 16.2 Å². The second-order valence-corrected chi connectivity index (χ2v) is 6.31. The summed E-state index contributed by atoms with van der Waals surface area (Å²) in [6.07, 6.45) is 1.91. The van der Waals surface area contributed by atoms with Crippen molar-refractivity contribution < 1.29 is 4.79 Å². The van der Waals surface area contributed by atoms with Crippen LogP contribution < -0.4 is 0 Å². The van der Waals surface area contributed by atoms with Gasteiger partial charge in [-0.2, -0.15) is 10.4 Å². The van der Waals surface area contributed by atoms with E-state index in [1.807, 2.05) is 30.5 Å². The fraction of sp³-hybridized carbons (Fsp3) is 0.444. The van der Waals surface area contributed by atoms with E-state index in [1.54, 1.807) is 19.1 Å². The summed E-state index contributed by atoms with van der Waals surface area (Å²) < 4.78 is 1.87. The van der Waals surface area contributed by atoms with Crippen molar-refractivity contribution >= 4 is 5.91 Å². The van der Waals surface area contributed by atoms with Crippen LogP contribution in [0.4, 0.5) is 0 Å². The van der Waals surface area contributed by atoms with E-state index >= 15 is 0 Å². The molecule has 0 unspecified atom stereocenters. The molecule has 0 bridgehead atoms. The zero-order valence-electron chi connectivity index (χ0n) is 14.5. The highest BCUT2D eigenvalue weighted by Gasteiger charge is 2.34. The first-order valence-corrected chi connectivity index (χ1v) is 8.13. The molecule has 0 spiro atoms. The summed E-state index contributed by atoms with van der Waals surface area (Å²) in [5, 5.41) is 13.5. The molecular weight excluding hydrogens is 302 g/mol. The van der Waals surface area contributed by atoms with Crippen LogP contribution in [0.2, 0.25) is 0 Å². The number of carbonyl (C=O) groups is 1. The summed E-state index contributed by atoms with van der Waals surface area (Å²) in [5.41, 5.74) is 4.72. The second-order valence-electron chi connectivity index (χ2n) is 6.31. The Labute approximate surface area is 141 Å². The van der Waals surface area contributed by atoms with E-state index < -0.39 is 0 Å². The van der Waals surface area contributed by atoms with E-state index in [1.165, 1.54) is 0 Å². The van der Waals surface area contributed by atoms with Crippen LogP contribution in [0.5, 0.6) is 0 Å². The van der Waals surface area contributed by atoms with Crippen LogP contribution in [0.25, 0.3) is 0 Å². The fourth-order valence-electron chi connectivity index (χ4n) is 3.53. The molecule has 2 aromatic rings. The zero-order chi connectivity index (χ0) is 17.4. The van der Waals surface area contributed by atoms with Crippen LogP contribution >= 0.6 is 0 Å². The van der Waals surface area contributed by atoms with Gasteiger partial charge in [0.25, 0.3) is 5.91 Å². The molecule has 3 rings (SSSR count). The number of rotatable bonds is 2. The fourth-order valence-corrected chi connectivity index (χ4v) is 3.53. The molecule has 1 saturated heterocycles. The maximum atomic E-state index is 13.0. The van der Waals surface area contributed by atoms with E-state index in [-0.39, 0.29) is 11.9 Å². The SMILES string of the molecule is Cc1nc(C(=O)N2CCC[C@H]2c2c(C)nn(C)c2C)ccc1C#N. The first-order valence-electron chi connectivity index (χ1n) is 8.13. The number of carbonyl (C=O) groups excluding carboxylic acids is 1. The number of nitriles is 1. The minimum Gasteiger partial charge on any atom is -0.330 e. The largest absolute Gasteiger partial charge is 0.330 e. The number of amides is 1. The highest BCUT2D eigenvalue weighted by Crippen LogP contribution is 2.36. The molecule has 1 aliphatic heterocycles. The molecule has 0 aliphatic carbocycles. The predicted molar refractivity (Wildman–Crippen MR) is 89.4 cm³/mol. The molecule has 1 amide bonds. The first-order chi connectivity index (χ1) is 11.4. The molecular formula is C18H21N5O. The minimum atomic E-state index is -0.0762. The van der Waals surface area contributed by atoms with Gasteiger partial charge in [0.1, 0.15) is 11.8 Å². The van der Waals surface area contributed by atoms with Gasteiger partial charge in [0.15, 0.2) is 0 Å². The second kappa shape index (κ2) is 6.08. The van der Waals surface area contributed by atoms with Crippen molar-refractivity contribution in [3.63, 3.8) is 0 Å². The maximum Gasteiger partial charge on any atom is 0.272 e. The molecule has 1 fully saturated rings. The smallest absolute Gasteiger partial charge is 0.272 e. The Morgan fingerprint density at radius 1 is 1.29 bits per heavy atom. The Morgan fingerprint density at radius 3 is 2.62 bits per heavy atom. The molecule has 0 N–H and O–H groups in total. The van der Waals surface area contributed by atoms with Crippen LogP contribution in [0, 0.1) is 32.1 Å². The van der Waals surface area contributed by atoms with Crippen LogP contribution in [0.15, 0.2) is 12.1 Å². The minimum absolute atomic E-state index is 0.0453. The van der Waals surface area contributed by atoms with Crippen LogP contribution in [0.1, 0.15) is 57.6 Å². The third-order valence-electron chi connectivity index (χ3n) is 4.84. The molecule has 6 nitrogen and oxygen atoms in total. The summed E-state index contributed by atoms with van der Waals surface area (Å²) in [7, 11) is 1.93. The van der Waals surface area contributed by atoms with Gasteiger partial charge >= 0.3 is 0 Å². The average molecular weight is 323 g/mol. The van der Waals surface area contributed by atoms with Crippen molar-refractivity contribution in [3.8, 4) is 6.07 Å². The van der Waals surface area contributed by atoms with Gasteiger partial charge in [0, 0.05) is 24.8 Å². The number of aromatic nitrogens is 3. The molecule has 0 aromatic carbocycles. The number of hydrogen-bond donors (Lipinski definition) is 0. The normalized spacial score (nSPS) is 17.1. The maximum absolute atomic E-state index is 13.0. The zero-order valence-corrected chi connectivity index (χ0v) is 14.5. The van der Waals surface area contributed by atoms with E-state index in [4.69, 9.17) is 5.26 Å². The van der Waals surface area contributed by atoms with Gasteiger partial charge in [-0.15, -0.1) is 0 Å². The molecule has 6 heteroatoms. The van der Waals surface area contributed by atoms with E-state index in [9.17, 15) is 4.79 Å². The van der Waals surface area contributed by atoms with Crippen LogP contribution in [-0.4, -0.2) is 32.1 Å². The number of hydrogen-bond acceptors (Lipinski definition) is 4. The van der Waals surface area contributed by atoms with Gasteiger partial charge in [-0.1, -0.05) is 0 Å². The first kappa shape index (κ1) is 16.2. The molecule has 24 heavy (non-hydrogen) atoms. The van der Waals surface area contributed by atoms with Crippen LogP contribution in [0.3, 0.4) is 0 Å². The monoisotopic (exact) mass is 323 g/mol. The lowest BCUT2D eigenvalue weighted by Gasteiger charge is -2.25. The highest BCUT2D eigenvalue weighted by molar-refractivity contribution is 5.93. The number of likely N-dealkylation sites (tertiary alicyclic amines) is 1. The Kier molecular flexibility index (Phi) is 4.10. The molecule has 1 atom stereocenters. The molecule has 3 heterocycles. The topological polar surface area (TPSA) is 74.8 Å². The molecule has 124 valence electrons. The summed E-state index contributed by atoms with van der Waals surface area (Å²) in [5.74, 6) is -0.0762. The standard InChI is InChI=1S/C18H21N5O/c1-11-14(10-19)7-8-15(20-11)18(24)23-9-5-6-16(23)17-12(2)21-22(4)13(17)3/h7-8,16H,5-6,9H2,1-4H3/t16-/m0/s1. The van der Waals surface area contributed by atoms with Crippen molar-refractivity contribution in [2.75, 3.05) is 6.54 Å². The Bertz CT molecular complexity index is 846. The lowest BCUT2D eigenvalue weighted by Crippen LogP contribution is -2.31. The van der Waals surface area contributed by atoms with Crippen molar-refractivity contribution in [2.45, 2.75) is 39.7 Å². The molecule has 0 saturated carbocycles. The van der Waals surface area contributed by atoms with Crippen molar-refractivity contribution in [1.82, 2.24) is 19.7 Å². The quantitative estimate of drug-likeness (QED) is 0.851. The third-order valence-corrected chi connectivity index (χ3v) is 4.84. The Morgan fingerprint density at radius 2 is 2.04 bits per heavy atom. The Hall–Kier alpha value is -2.68. The number of aryl methyl sites for hydroxylation is 3. The van der Waals surface area contributed by atoms with Gasteiger partial charge in [0.05, 0.1) is 23.0 Å². The van der Waals surface area contributed by atoms with Crippen molar-refractivity contribution in [3.05, 3.63) is 46.0 Å². The summed E-state index contributed by atoms with van der Waals surface area (Å²) in [4.78, 5) is 19.2. The summed E-state index contributed by atoms with van der Waals surface area (Å²) >= 11 is 0. The third kappa shape index (κ3) is 2.56. The van der Waals surface area contributed by atoms with E-state index in [0.29, 0.717) is 17.0 Å². The van der Waals surface area contributed by atoms with Gasteiger partial charge in [-0.25, -0.2) is 4.98 Å². The number of pyridine rings is 1. The van der Waals surface area contributed by atoms with Gasteiger partial charge < -0.3 is 4.90 Å². The summed E-state index contributed by atoms with van der Waals surface area (Å²) in [6.45, 7) is 6.51. The summed E-state index contributed by atoms with van der Waals surface area (Å²) in [6, 6.07) is 5.44. The predicted octanol–water partition coefficient (Wildman–Crippen LogP) is 2.59. The average Bonchev–Trinajstić information content (AvgIpc) is 3.11. The van der Waals surface area contributed by atoms with Gasteiger partial charge in [-0.05, 0) is 45.7 Å². The number of nitrogens with zero attached hydrogens (tertiary/aromatic N) is 5. The van der Waals surface area contributed by atoms with Gasteiger partial charge in [-0.3, -0.25) is 9.48 Å². The molecule has 2 aromatic heterocycles. The lowest BCUT2D eigenvalue weighted by atomic mass is 10.0. The lowest BCUT2D eigenvalue weighted by molar-refractivity contribution is 0.0729. The Balaban J connectivity index is 1.95. The molecule has 1 aliphatic rings. The highest BCUT2D eigenvalue weighted by atomic mass is 16.2. The van der Waals surface area contributed by atoms with Crippen molar-refractivity contribution in [2.24, 2.45) is 7.05 Å². The van der Waals surface area contributed by atoms with E-state index in [0.717, 1.165) is 36.3 Å². The van der Waals surface area contributed by atoms with Crippen molar-refractivity contribution in [1.29, 1.82) is 5.26 Å².